The first-order chi connectivity index (χ1) is 14.1. The van der Waals surface area contributed by atoms with Crippen LogP contribution in [0.3, 0.4) is 0 Å². The van der Waals surface area contributed by atoms with Crippen molar-refractivity contribution in [1.82, 2.24) is 9.62 Å². The maximum atomic E-state index is 14.2. The van der Waals surface area contributed by atoms with E-state index in [1.54, 1.807) is 23.1 Å². The van der Waals surface area contributed by atoms with Crippen molar-refractivity contribution >= 4 is 15.9 Å². The molecule has 2 unspecified atom stereocenters. The molecule has 5 nitrogen and oxygen atoms in total. The van der Waals surface area contributed by atoms with E-state index >= 15 is 0 Å². The van der Waals surface area contributed by atoms with Gasteiger partial charge in [-0.25, -0.2) is 21.9 Å². The Morgan fingerprint density at radius 1 is 1.20 bits per heavy atom. The van der Waals surface area contributed by atoms with Gasteiger partial charge in [-0.15, -0.1) is 0 Å². The number of benzene rings is 2. The number of carbonyl (C=O) groups excluding carboxylic acids is 1. The molecule has 3 rings (SSSR count). The molecule has 2 atom stereocenters. The molecular formula is C22H26F2N2O3S. The zero-order valence-electron chi connectivity index (χ0n) is 17.2. The largest absolute Gasteiger partial charge is 0.337 e. The van der Waals surface area contributed by atoms with Gasteiger partial charge in [0.15, 0.2) is 11.6 Å². The first kappa shape index (κ1) is 22.4. The molecule has 0 aromatic heterocycles. The van der Waals surface area contributed by atoms with Gasteiger partial charge in [-0.2, -0.15) is 0 Å². The van der Waals surface area contributed by atoms with Crippen LogP contribution in [-0.2, 0) is 21.2 Å². The third-order valence-electron chi connectivity index (χ3n) is 5.32. The Labute approximate surface area is 176 Å². The molecule has 0 saturated carbocycles. The number of nitrogens with zero attached hydrogens (tertiary/aromatic N) is 1. The molecule has 0 aliphatic carbocycles. The minimum atomic E-state index is -3.44. The Bertz CT molecular complexity index is 1040. The second-order valence-corrected chi connectivity index (χ2v) is 9.82. The smallest absolute Gasteiger partial charge is 0.225 e. The molecule has 2 aromatic carbocycles. The fourth-order valence-electron chi connectivity index (χ4n) is 3.96. The lowest BCUT2D eigenvalue weighted by Crippen LogP contribution is -2.48. The lowest BCUT2D eigenvalue weighted by Gasteiger charge is -2.30. The zero-order valence-corrected chi connectivity index (χ0v) is 18.0. The summed E-state index contributed by atoms with van der Waals surface area (Å²) in [5.74, 6) is -2.08. The van der Waals surface area contributed by atoms with Gasteiger partial charge in [-0.3, -0.25) is 4.79 Å². The highest BCUT2D eigenvalue weighted by Gasteiger charge is 2.38. The van der Waals surface area contributed by atoms with E-state index < -0.39 is 27.7 Å². The summed E-state index contributed by atoms with van der Waals surface area (Å²) in [6, 6.07) is 10.3. The molecule has 162 valence electrons. The van der Waals surface area contributed by atoms with E-state index in [1.807, 2.05) is 19.9 Å². The Kier molecular flexibility index (Phi) is 6.57. The minimum Gasteiger partial charge on any atom is -0.337 e. The summed E-state index contributed by atoms with van der Waals surface area (Å²) in [7, 11) is -3.44. The Balaban J connectivity index is 1.92. The molecule has 30 heavy (non-hydrogen) atoms. The van der Waals surface area contributed by atoms with Crippen molar-refractivity contribution < 1.29 is 22.0 Å². The van der Waals surface area contributed by atoms with Crippen LogP contribution in [0.25, 0.3) is 11.1 Å². The second-order valence-electron chi connectivity index (χ2n) is 8.04. The van der Waals surface area contributed by atoms with E-state index in [0.29, 0.717) is 24.9 Å². The standard InChI is InChI=1S/C22H26F2N2O3S/c1-14(2)22(27)26-11-10-19(25-30(3,28)29)20(26)13-15-6-4-7-16(12-15)17-8-5-9-18(23)21(17)24/h4-9,12,14,19-20,25H,10-11,13H2,1-3H3. The average molecular weight is 437 g/mol. The third kappa shape index (κ3) is 5.05. The molecule has 1 fully saturated rings. The molecule has 0 spiro atoms. The van der Waals surface area contributed by atoms with E-state index in [-0.39, 0.29) is 23.4 Å². The van der Waals surface area contributed by atoms with Gasteiger partial charge in [0.2, 0.25) is 15.9 Å². The van der Waals surface area contributed by atoms with Crippen LogP contribution in [0.15, 0.2) is 42.5 Å². The van der Waals surface area contributed by atoms with Crippen molar-refractivity contribution in [2.24, 2.45) is 5.92 Å². The lowest BCUT2D eigenvalue weighted by molar-refractivity contribution is -0.135. The molecule has 1 saturated heterocycles. The summed E-state index contributed by atoms with van der Waals surface area (Å²) in [5.41, 5.74) is 1.49. The molecule has 8 heteroatoms. The normalized spacial score (nSPS) is 19.5. The molecule has 1 amide bonds. The molecule has 0 radical (unpaired) electrons. The molecule has 1 aliphatic heterocycles. The monoisotopic (exact) mass is 436 g/mol. The van der Waals surface area contributed by atoms with Crippen LogP contribution in [0.1, 0.15) is 25.8 Å². The number of amides is 1. The van der Waals surface area contributed by atoms with Gasteiger partial charge in [-0.05, 0) is 30.0 Å². The molecule has 1 heterocycles. The maximum absolute atomic E-state index is 14.2. The van der Waals surface area contributed by atoms with Gasteiger partial charge in [-0.1, -0.05) is 50.2 Å². The first-order valence-electron chi connectivity index (χ1n) is 9.88. The predicted octanol–water partition coefficient (Wildman–Crippen LogP) is 3.35. The summed E-state index contributed by atoms with van der Waals surface area (Å²) < 4.78 is 54.1. The van der Waals surface area contributed by atoms with Crippen molar-refractivity contribution in [1.29, 1.82) is 0 Å². The highest BCUT2D eigenvalue weighted by Crippen LogP contribution is 2.28. The van der Waals surface area contributed by atoms with Crippen molar-refractivity contribution in [3.05, 3.63) is 59.7 Å². The van der Waals surface area contributed by atoms with Crippen LogP contribution < -0.4 is 4.72 Å². The van der Waals surface area contributed by atoms with Gasteiger partial charge in [0, 0.05) is 24.1 Å². The van der Waals surface area contributed by atoms with Crippen molar-refractivity contribution in [3.8, 4) is 11.1 Å². The SMILES string of the molecule is CC(C)C(=O)N1CCC(NS(C)(=O)=O)C1Cc1cccc(-c2cccc(F)c2F)c1. The number of nitrogens with one attached hydrogen (secondary N) is 1. The van der Waals surface area contributed by atoms with Crippen LogP contribution >= 0.6 is 0 Å². The summed E-state index contributed by atoms with van der Waals surface area (Å²) in [6.45, 7) is 4.08. The molecule has 0 bridgehead atoms. The zero-order chi connectivity index (χ0) is 22.1. The fourth-order valence-corrected chi connectivity index (χ4v) is 4.78. The van der Waals surface area contributed by atoms with Gasteiger partial charge in [0.1, 0.15) is 0 Å². The van der Waals surface area contributed by atoms with Crippen LogP contribution in [0, 0.1) is 17.6 Å². The van der Waals surface area contributed by atoms with E-state index in [1.165, 1.54) is 12.1 Å². The molecular weight excluding hydrogens is 410 g/mol. The number of carbonyl (C=O) groups is 1. The van der Waals surface area contributed by atoms with E-state index in [4.69, 9.17) is 0 Å². The lowest BCUT2D eigenvalue weighted by atomic mass is 9.96. The fraction of sp³-hybridized carbons (Fsp3) is 0.409. The number of halogens is 2. The number of likely N-dealkylation sites (tertiary alicyclic amines) is 1. The van der Waals surface area contributed by atoms with E-state index in [0.717, 1.165) is 17.9 Å². The predicted molar refractivity (Wildman–Crippen MR) is 112 cm³/mol. The van der Waals surface area contributed by atoms with E-state index in [2.05, 4.69) is 4.72 Å². The van der Waals surface area contributed by atoms with Gasteiger partial charge in [0.25, 0.3) is 0 Å². The van der Waals surface area contributed by atoms with Crippen LogP contribution in [0.5, 0.6) is 0 Å². The topological polar surface area (TPSA) is 66.5 Å². The Morgan fingerprint density at radius 2 is 1.90 bits per heavy atom. The van der Waals surface area contributed by atoms with E-state index in [9.17, 15) is 22.0 Å². The van der Waals surface area contributed by atoms with Crippen molar-refractivity contribution in [3.63, 3.8) is 0 Å². The van der Waals surface area contributed by atoms with Gasteiger partial charge < -0.3 is 4.90 Å². The Morgan fingerprint density at radius 3 is 2.57 bits per heavy atom. The number of rotatable bonds is 6. The van der Waals surface area contributed by atoms with Crippen LogP contribution in [-0.4, -0.2) is 44.1 Å². The third-order valence-corrected chi connectivity index (χ3v) is 6.05. The highest BCUT2D eigenvalue weighted by atomic mass is 32.2. The maximum Gasteiger partial charge on any atom is 0.225 e. The van der Waals surface area contributed by atoms with Crippen LogP contribution in [0.4, 0.5) is 8.78 Å². The number of hydrogen-bond acceptors (Lipinski definition) is 3. The number of sulfonamides is 1. The molecule has 2 aromatic rings. The second kappa shape index (κ2) is 8.81. The van der Waals surface area contributed by atoms with Gasteiger partial charge >= 0.3 is 0 Å². The van der Waals surface area contributed by atoms with Crippen molar-refractivity contribution in [2.75, 3.05) is 12.8 Å². The molecule has 1 aliphatic rings. The highest BCUT2D eigenvalue weighted by molar-refractivity contribution is 7.88. The summed E-state index contributed by atoms with van der Waals surface area (Å²) >= 11 is 0. The summed E-state index contributed by atoms with van der Waals surface area (Å²) in [4.78, 5) is 14.4. The number of hydrogen-bond donors (Lipinski definition) is 1. The summed E-state index contributed by atoms with van der Waals surface area (Å²) in [5, 5.41) is 0. The minimum absolute atomic E-state index is 0.0369. The summed E-state index contributed by atoms with van der Waals surface area (Å²) in [6.07, 6.45) is 2.02. The van der Waals surface area contributed by atoms with Gasteiger partial charge in [0.05, 0.1) is 12.3 Å². The Hall–Kier alpha value is -2.32. The van der Waals surface area contributed by atoms with Crippen LogP contribution in [0.2, 0.25) is 0 Å². The first-order valence-corrected chi connectivity index (χ1v) is 11.8. The van der Waals surface area contributed by atoms with Crippen molar-refractivity contribution in [2.45, 2.75) is 38.8 Å². The molecule has 1 N–H and O–H groups in total. The quantitative estimate of drug-likeness (QED) is 0.755. The average Bonchev–Trinajstić information content (AvgIpc) is 3.04.